The van der Waals surface area contributed by atoms with Crippen LogP contribution in [-0.4, -0.2) is 20.2 Å². The molecule has 1 aromatic heterocycles. The molecule has 138 valence electrons. The van der Waals surface area contributed by atoms with Gasteiger partial charge in [-0.15, -0.1) is 0 Å². The van der Waals surface area contributed by atoms with Gasteiger partial charge < -0.3 is 4.79 Å². The molecule has 6 nitrogen and oxygen atoms in total. The number of carbonyl (C=O) groups is 1. The molecule has 1 aliphatic heterocycles. The minimum Gasteiger partial charge on any atom is -0.301 e. The highest BCUT2D eigenvalue weighted by Crippen LogP contribution is 2.18. The molecule has 6 heteroatoms. The Labute approximate surface area is 148 Å². The summed E-state index contributed by atoms with van der Waals surface area (Å²) >= 11 is 0. The normalized spacial score (nSPS) is 19.4. The molecule has 0 saturated heterocycles. The first-order valence-corrected chi connectivity index (χ1v) is 9.32. The predicted molar refractivity (Wildman–Crippen MR) is 99.0 cm³/mol. The number of aromatic nitrogens is 3. The molecule has 0 saturated carbocycles. The van der Waals surface area contributed by atoms with E-state index in [2.05, 4.69) is 13.0 Å². The Hall–Kier alpha value is -2.11. The molecule has 25 heavy (non-hydrogen) atoms. The van der Waals surface area contributed by atoms with E-state index >= 15 is 0 Å². The molecule has 0 radical (unpaired) electrons. The molecule has 2 heterocycles. The maximum atomic E-state index is 12.3. The van der Waals surface area contributed by atoms with Crippen LogP contribution in [0.15, 0.2) is 33.9 Å². The largest absolute Gasteiger partial charge is 0.347 e. The van der Waals surface area contributed by atoms with Gasteiger partial charge in [0.15, 0.2) is 0 Å². The van der Waals surface area contributed by atoms with Crippen molar-refractivity contribution in [3.05, 3.63) is 45.3 Å². The van der Waals surface area contributed by atoms with Crippen molar-refractivity contribution < 1.29 is 4.79 Å². The summed E-state index contributed by atoms with van der Waals surface area (Å²) in [5.41, 5.74) is -0.858. The number of unbranched alkanes of at least 4 members (excludes halogenated alkanes) is 7. The Kier molecular flexibility index (Phi) is 7.22. The highest BCUT2D eigenvalue weighted by Gasteiger charge is 2.25. The molecule has 0 bridgehead atoms. The standard InChI is InChI=1S/C19H29N3O3/c1-3-4-5-6-7-8-9-10-11-12-16-13-14-17(15-23)22-19(25)20(2)18(24)21(16)22/h11-17H,3-10H2,1-2H3/b12-11+. The minimum absolute atomic E-state index is 0.317. The van der Waals surface area contributed by atoms with Gasteiger partial charge in [-0.3, -0.25) is 0 Å². The van der Waals surface area contributed by atoms with Crippen molar-refractivity contribution >= 4 is 6.29 Å². The number of rotatable bonds is 10. The molecule has 0 aromatic carbocycles. The van der Waals surface area contributed by atoms with E-state index in [0.717, 1.165) is 17.4 Å². The fourth-order valence-electron chi connectivity index (χ4n) is 3.21. The van der Waals surface area contributed by atoms with E-state index in [-0.39, 0.29) is 6.04 Å². The minimum atomic E-state index is -0.714. The molecule has 2 unspecified atom stereocenters. The molecular weight excluding hydrogens is 318 g/mol. The molecule has 0 N–H and O–H groups in total. The number of carbonyl (C=O) groups excluding carboxylic acids is 1. The quantitative estimate of drug-likeness (QED) is 0.371. The summed E-state index contributed by atoms with van der Waals surface area (Å²) in [7, 11) is 1.43. The summed E-state index contributed by atoms with van der Waals surface area (Å²) in [6.07, 6.45) is 18.0. The van der Waals surface area contributed by atoms with Crippen molar-refractivity contribution in [1.82, 2.24) is 13.9 Å². The van der Waals surface area contributed by atoms with Gasteiger partial charge in [0.05, 0.1) is 6.04 Å². The summed E-state index contributed by atoms with van der Waals surface area (Å²) in [6, 6.07) is -1.03. The molecular formula is C19H29N3O3. The second kappa shape index (κ2) is 9.39. The van der Waals surface area contributed by atoms with Crippen molar-refractivity contribution in [2.45, 2.75) is 70.4 Å². The van der Waals surface area contributed by atoms with Crippen LogP contribution in [0, 0.1) is 0 Å². The first kappa shape index (κ1) is 19.2. The zero-order valence-corrected chi connectivity index (χ0v) is 15.3. The summed E-state index contributed by atoms with van der Waals surface area (Å²) in [5, 5.41) is 0. The Bertz CT molecular complexity index is 736. The van der Waals surface area contributed by atoms with Gasteiger partial charge in [-0.2, -0.15) is 0 Å². The first-order valence-electron chi connectivity index (χ1n) is 9.32. The number of hydrogen-bond acceptors (Lipinski definition) is 3. The fourth-order valence-corrected chi connectivity index (χ4v) is 3.21. The van der Waals surface area contributed by atoms with E-state index in [1.54, 1.807) is 12.2 Å². The van der Waals surface area contributed by atoms with Crippen LogP contribution in [0.3, 0.4) is 0 Å². The van der Waals surface area contributed by atoms with Crippen molar-refractivity contribution in [1.29, 1.82) is 0 Å². The van der Waals surface area contributed by atoms with Gasteiger partial charge in [0, 0.05) is 7.05 Å². The van der Waals surface area contributed by atoms with Crippen molar-refractivity contribution in [2.24, 2.45) is 7.05 Å². The van der Waals surface area contributed by atoms with Crippen molar-refractivity contribution in [2.75, 3.05) is 0 Å². The lowest BCUT2D eigenvalue weighted by Gasteiger charge is -2.21. The van der Waals surface area contributed by atoms with Gasteiger partial charge in [0.25, 0.3) is 0 Å². The lowest BCUT2D eigenvalue weighted by atomic mass is 10.1. The molecule has 2 rings (SSSR count). The van der Waals surface area contributed by atoms with Gasteiger partial charge >= 0.3 is 11.4 Å². The van der Waals surface area contributed by atoms with Crippen LogP contribution in [0.4, 0.5) is 0 Å². The monoisotopic (exact) mass is 347 g/mol. The number of fused-ring (bicyclic) bond motifs is 1. The lowest BCUT2D eigenvalue weighted by molar-refractivity contribution is -0.110. The van der Waals surface area contributed by atoms with Crippen LogP contribution in [0.5, 0.6) is 0 Å². The van der Waals surface area contributed by atoms with E-state index in [4.69, 9.17) is 0 Å². The fraction of sp³-hybridized carbons (Fsp3) is 0.632. The third-order valence-corrected chi connectivity index (χ3v) is 4.72. The average Bonchev–Trinajstić information content (AvgIpc) is 2.85. The number of allylic oxidation sites excluding steroid dienone is 4. The van der Waals surface area contributed by atoms with E-state index < -0.39 is 17.4 Å². The Morgan fingerprint density at radius 3 is 2.12 bits per heavy atom. The van der Waals surface area contributed by atoms with E-state index in [1.807, 2.05) is 6.08 Å². The van der Waals surface area contributed by atoms with Gasteiger partial charge in [-0.25, -0.2) is 23.5 Å². The number of hydrogen-bond donors (Lipinski definition) is 0. The third-order valence-electron chi connectivity index (χ3n) is 4.72. The molecule has 1 aliphatic rings. The SMILES string of the molecule is CCCCCCCCC/C=C/C1C=CC(C=O)n2c(=O)n(C)c(=O)n21. The average molecular weight is 347 g/mol. The molecule has 0 amide bonds. The smallest absolute Gasteiger partial charge is 0.301 e. The highest BCUT2D eigenvalue weighted by atomic mass is 16.2. The third kappa shape index (κ3) is 4.50. The molecule has 0 spiro atoms. The van der Waals surface area contributed by atoms with Gasteiger partial charge in [0.1, 0.15) is 12.3 Å². The maximum absolute atomic E-state index is 12.3. The summed E-state index contributed by atoms with van der Waals surface area (Å²) in [4.78, 5) is 35.6. The Morgan fingerprint density at radius 1 is 0.920 bits per heavy atom. The molecule has 2 atom stereocenters. The van der Waals surface area contributed by atoms with Crippen LogP contribution in [0.2, 0.25) is 0 Å². The Balaban J connectivity index is 1.93. The van der Waals surface area contributed by atoms with Crippen LogP contribution in [-0.2, 0) is 11.8 Å². The van der Waals surface area contributed by atoms with Crippen LogP contribution in [0.25, 0.3) is 0 Å². The van der Waals surface area contributed by atoms with E-state index in [9.17, 15) is 14.4 Å². The van der Waals surface area contributed by atoms with Crippen LogP contribution < -0.4 is 11.4 Å². The highest BCUT2D eigenvalue weighted by molar-refractivity contribution is 5.59. The number of aldehydes is 1. The number of nitrogens with zero attached hydrogens (tertiary/aromatic N) is 3. The second-order valence-corrected chi connectivity index (χ2v) is 6.65. The zero-order valence-electron chi connectivity index (χ0n) is 15.3. The summed E-state index contributed by atoms with van der Waals surface area (Å²) in [5.74, 6) is 0. The summed E-state index contributed by atoms with van der Waals surface area (Å²) < 4.78 is 3.64. The molecule has 1 aromatic rings. The zero-order chi connectivity index (χ0) is 18.2. The van der Waals surface area contributed by atoms with Gasteiger partial charge in [-0.1, -0.05) is 69.8 Å². The second-order valence-electron chi connectivity index (χ2n) is 6.65. The lowest BCUT2D eigenvalue weighted by Crippen LogP contribution is -2.35. The van der Waals surface area contributed by atoms with Crippen molar-refractivity contribution in [3.8, 4) is 0 Å². The molecule has 0 fully saturated rings. The first-order chi connectivity index (χ1) is 12.1. The molecule has 0 aliphatic carbocycles. The van der Waals surface area contributed by atoms with Gasteiger partial charge in [0.2, 0.25) is 0 Å². The Morgan fingerprint density at radius 2 is 1.48 bits per heavy atom. The van der Waals surface area contributed by atoms with E-state index in [1.165, 1.54) is 54.9 Å². The van der Waals surface area contributed by atoms with Gasteiger partial charge in [-0.05, 0) is 12.8 Å². The van der Waals surface area contributed by atoms with Crippen LogP contribution in [0.1, 0.15) is 70.4 Å². The maximum Gasteiger partial charge on any atom is 0.347 e. The van der Waals surface area contributed by atoms with E-state index in [0.29, 0.717) is 6.29 Å². The van der Waals surface area contributed by atoms with Crippen LogP contribution >= 0.6 is 0 Å². The van der Waals surface area contributed by atoms with Crippen molar-refractivity contribution in [3.63, 3.8) is 0 Å². The predicted octanol–water partition coefficient (Wildman–Crippen LogP) is 2.90. The summed E-state index contributed by atoms with van der Waals surface area (Å²) in [6.45, 7) is 2.22. The topological polar surface area (TPSA) is 66.0 Å².